The Morgan fingerprint density at radius 2 is 1.95 bits per heavy atom. The number of hydrogen-bond acceptors (Lipinski definition) is 3. The Bertz CT molecular complexity index is 656. The molecule has 0 heterocycles. The topological polar surface area (TPSA) is 55.2 Å². The Balaban J connectivity index is 2.20. The molecule has 104 valence electrons. The summed E-state index contributed by atoms with van der Waals surface area (Å²) < 4.78 is 0. The van der Waals surface area contributed by atoms with Gasteiger partial charge in [0, 0.05) is 17.6 Å². The molecule has 0 aliphatic carbocycles. The highest BCUT2D eigenvalue weighted by molar-refractivity contribution is 6.30. The Morgan fingerprint density at radius 3 is 2.60 bits per heavy atom. The predicted molar refractivity (Wildman–Crippen MR) is 81.3 cm³/mol. The zero-order valence-electron chi connectivity index (χ0n) is 11.3. The summed E-state index contributed by atoms with van der Waals surface area (Å²) in [4.78, 5) is 10.7. The van der Waals surface area contributed by atoms with Crippen molar-refractivity contribution in [2.75, 3.05) is 5.32 Å². The van der Waals surface area contributed by atoms with Gasteiger partial charge >= 0.3 is 0 Å². The van der Waals surface area contributed by atoms with Crippen molar-refractivity contribution in [1.82, 2.24) is 0 Å². The van der Waals surface area contributed by atoms with Crippen LogP contribution in [0.2, 0.25) is 5.02 Å². The molecule has 20 heavy (non-hydrogen) atoms. The zero-order valence-corrected chi connectivity index (χ0v) is 12.1. The fourth-order valence-electron chi connectivity index (χ4n) is 1.99. The van der Waals surface area contributed by atoms with Crippen LogP contribution < -0.4 is 5.32 Å². The lowest BCUT2D eigenvalue weighted by Crippen LogP contribution is -2.04. The minimum atomic E-state index is -0.371. The molecule has 0 spiro atoms. The summed E-state index contributed by atoms with van der Waals surface area (Å²) >= 11 is 5.91. The van der Waals surface area contributed by atoms with Crippen molar-refractivity contribution in [1.29, 1.82) is 0 Å². The highest BCUT2D eigenvalue weighted by Gasteiger charge is 2.13. The summed E-state index contributed by atoms with van der Waals surface area (Å²) in [6.07, 6.45) is 0. The molecule has 0 fully saturated rings. The van der Waals surface area contributed by atoms with Crippen LogP contribution in [-0.2, 0) is 6.54 Å². The Kier molecular flexibility index (Phi) is 4.25. The van der Waals surface area contributed by atoms with Crippen LogP contribution in [0.3, 0.4) is 0 Å². The number of hydrogen-bond donors (Lipinski definition) is 1. The highest BCUT2D eigenvalue weighted by atomic mass is 35.5. The molecule has 4 nitrogen and oxygen atoms in total. The van der Waals surface area contributed by atoms with Crippen LogP contribution in [-0.4, -0.2) is 4.92 Å². The van der Waals surface area contributed by atoms with Gasteiger partial charge in [0.05, 0.1) is 4.92 Å². The summed E-state index contributed by atoms with van der Waals surface area (Å²) in [6.45, 7) is 4.32. The highest BCUT2D eigenvalue weighted by Crippen LogP contribution is 2.26. The number of halogens is 1. The third-order valence-electron chi connectivity index (χ3n) is 3.12. The number of nitro groups is 1. The third-order valence-corrected chi connectivity index (χ3v) is 3.36. The van der Waals surface area contributed by atoms with Crippen molar-refractivity contribution in [3.8, 4) is 0 Å². The van der Waals surface area contributed by atoms with Gasteiger partial charge in [0.15, 0.2) is 0 Å². The van der Waals surface area contributed by atoms with Crippen molar-refractivity contribution in [2.45, 2.75) is 20.4 Å². The van der Waals surface area contributed by atoms with Crippen LogP contribution >= 0.6 is 11.6 Å². The fourth-order valence-corrected chi connectivity index (χ4v) is 2.22. The number of benzene rings is 2. The van der Waals surface area contributed by atoms with E-state index in [1.165, 1.54) is 0 Å². The molecule has 0 aliphatic rings. The van der Waals surface area contributed by atoms with Crippen LogP contribution in [0.1, 0.15) is 16.7 Å². The van der Waals surface area contributed by atoms with Gasteiger partial charge in [0.2, 0.25) is 0 Å². The van der Waals surface area contributed by atoms with Gasteiger partial charge in [-0.2, -0.15) is 0 Å². The van der Waals surface area contributed by atoms with Crippen LogP contribution in [0.15, 0.2) is 36.4 Å². The van der Waals surface area contributed by atoms with Gasteiger partial charge in [-0.1, -0.05) is 23.7 Å². The largest absolute Gasteiger partial charge is 0.375 e. The number of aryl methyl sites for hydroxylation is 2. The van der Waals surface area contributed by atoms with Crippen LogP contribution in [0.25, 0.3) is 0 Å². The maximum absolute atomic E-state index is 11.0. The van der Waals surface area contributed by atoms with Gasteiger partial charge in [0.25, 0.3) is 5.69 Å². The van der Waals surface area contributed by atoms with E-state index in [2.05, 4.69) is 5.32 Å². The Hall–Kier alpha value is -2.07. The molecule has 0 aromatic heterocycles. The predicted octanol–water partition coefficient (Wildman–Crippen LogP) is 4.48. The SMILES string of the molecule is Cc1ccc(NCc2ccc(Cl)cc2C)c([N+](=O)[O-])c1. The van der Waals surface area contributed by atoms with Crippen molar-refractivity contribution in [3.63, 3.8) is 0 Å². The minimum absolute atomic E-state index is 0.0941. The van der Waals surface area contributed by atoms with E-state index in [0.717, 1.165) is 16.7 Å². The first-order valence-electron chi connectivity index (χ1n) is 6.21. The maximum atomic E-state index is 11.0. The summed E-state index contributed by atoms with van der Waals surface area (Å²) in [7, 11) is 0. The van der Waals surface area contributed by atoms with Crippen molar-refractivity contribution in [2.24, 2.45) is 0 Å². The molecule has 0 saturated heterocycles. The lowest BCUT2D eigenvalue weighted by molar-refractivity contribution is -0.384. The van der Waals surface area contributed by atoms with E-state index < -0.39 is 0 Å². The first-order chi connectivity index (χ1) is 9.47. The maximum Gasteiger partial charge on any atom is 0.292 e. The van der Waals surface area contributed by atoms with Crippen LogP contribution in [0.5, 0.6) is 0 Å². The number of nitro benzene ring substituents is 1. The smallest absolute Gasteiger partial charge is 0.292 e. The molecule has 0 saturated carbocycles. The Labute approximate surface area is 122 Å². The van der Waals surface area contributed by atoms with Crippen molar-refractivity contribution >= 4 is 23.0 Å². The summed E-state index contributed by atoms with van der Waals surface area (Å²) in [5.74, 6) is 0. The average Bonchev–Trinajstić information content (AvgIpc) is 2.38. The summed E-state index contributed by atoms with van der Waals surface area (Å²) in [5, 5.41) is 14.8. The van der Waals surface area contributed by atoms with Crippen molar-refractivity contribution in [3.05, 3.63) is 68.2 Å². The van der Waals surface area contributed by atoms with E-state index in [1.807, 2.05) is 38.1 Å². The molecule has 2 aromatic carbocycles. The van der Waals surface area contributed by atoms with E-state index in [9.17, 15) is 10.1 Å². The molecule has 0 atom stereocenters. The monoisotopic (exact) mass is 290 g/mol. The molecule has 0 aliphatic heterocycles. The van der Waals surface area contributed by atoms with E-state index in [1.54, 1.807) is 12.1 Å². The molecule has 2 aromatic rings. The number of nitrogens with zero attached hydrogens (tertiary/aromatic N) is 1. The van der Waals surface area contributed by atoms with Gasteiger partial charge in [-0.15, -0.1) is 0 Å². The first-order valence-corrected chi connectivity index (χ1v) is 6.59. The molecular formula is C15H15ClN2O2. The van der Waals surface area contributed by atoms with Crippen molar-refractivity contribution < 1.29 is 4.92 Å². The second-order valence-corrected chi connectivity index (χ2v) is 5.14. The molecule has 0 bridgehead atoms. The number of nitrogens with one attached hydrogen (secondary N) is 1. The average molecular weight is 291 g/mol. The van der Waals surface area contributed by atoms with E-state index in [4.69, 9.17) is 11.6 Å². The molecule has 2 rings (SSSR count). The van der Waals surface area contributed by atoms with E-state index in [-0.39, 0.29) is 10.6 Å². The minimum Gasteiger partial charge on any atom is -0.375 e. The quantitative estimate of drug-likeness (QED) is 0.667. The molecule has 0 unspecified atom stereocenters. The number of anilines is 1. The molecule has 1 N–H and O–H groups in total. The van der Waals surface area contributed by atoms with E-state index >= 15 is 0 Å². The molecule has 5 heteroatoms. The second kappa shape index (κ2) is 5.92. The standard InChI is InChI=1S/C15H15ClN2O2/c1-10-3-6-14(15(7-10)18(19)20)17-9-12-4-5-13(16)8-11(12)2/h3-8,17H,9H2,1-2H3. The molecule has 0 radical (unpaired) electrons. The van der Waals surface area contributed by atoms with Gasteiger partial charge in [-0.25, -0.2) is 0 Å². The Morgan fingerprint density at radius 1 is 1.20 bits per heavy atom. The normalized spacial score (nSPS) is 10.3. The van der Waals surface area contributed by atoms with Crippen LogP contribution in [0, 0.1) is 24.0 Å². The molecular weight excluding hydrogens is 276 g/mol. The van der Waals surface area contributed by atoms with E-state index in [0.29, 0.717) is 17.3 Å². The lowest BCUT2D eigenvalue weighted by Gasteiger charge is -2.10. The molecule has 0 amide bonds. The fraction of sp³-hybridized carbons (Fsp3) is 0.200. The van der Waals surface area contributed by atoms with Gasteiger partial charge < -0.3 is 5.32 Å². The van der Waals surface area contributed by atoms with Gasteiger partial charge in [-0.3, -0.25) is 10.1 Å². The number of rotatable bonds is 4. The third kappa shape index (κ3) is 3.27. The van der Waals surface area contributed by atoms with Gasteiger partial charge in [-0.05, 0) is 48.7 Å². The lowest BCUT2D eigenvalue weighted by atomic mass is 10.1. The zero-order chi connectivity index (χ0) is 14.7. The first kappa shape index (κ1) is 14.3. The van der Waals surface area contributed by atoms with Crippen LogP contribution in [0.4, 0.5) is 11.4 Å². The summed E-state index contributed by atoms with van der Waals surface area (Å²) in [6, 6.07) is 10.8. The van der Waals surface area contributed by atoms with Gasteiger partial charge in [0.1, 0.15) is 5.69 Å². The second-order valence-electron chi connectivity index (χ2n) is 4.70. The summed E-state index contributed by atoms with van der Waals surface area (Å²) in [5.41, 5.74) is 3.60.